The molecule has 1 aliphatic rings. The van der Waals surface area contributed by atoms with Gasteiger partial charge in [-0.15, -0.1) is 0 Å². The van der Waals surface area contributed by atoms with Crippen LogP contribution >= 0.6 is 0 Å². The van der Waals surface area contributed by atoms with E-state index in [1.807, 2.05) is 6.07 Å². The molecule has 9 aromatic carbocycles. The topological polar surface area (TPSA) is 25.8 Å². The fourth-order valence-corrected chi connectivity index (χ4v) is 9.32. The molecule has 1 heterocycles. The minimum absolute atomic E-state index is 0.106. The molecule has 0 saturated heterocycles. The summed E-state index contributed by atoms with van der Waals surface area (Å²) in [6.45, 7) is 4.75. The molecule has 0 fully saturated rings. The van der Waals surface area contributed by atoms with Crippen LogP contribution in [0.2, 0.25) is 0 Å². The first-order valence-corrected chi connectivity index (χ1v) is 21.1. The van der Waals surface area contributed by atoms with E-state index in [1.54, 1.807) is 0 Å². The second-order valence-electron chi connectivity index (χ2n) is 16.6. The zero-order valence-corrected chi connectivity index (χ0v) is 34.2. The highest BCUT2D eigenvalue weighted by molar-refractivity contribution is 5.98. The van der Waals surface area contributed by atoms with Crippen molar-refractivity contribution in [1.82, 2.24) is 9.97 Å². The van der Waals surface area contributed by atoms with Gasteiger partial charge in [-0.2, -0.15) is 0 Å². The van der Waals surface area contributed by atoms with Crippen LogP contribution in [0, 0.1) is 0 Å². The van der Waals surface area contributed by atoms with Gasteiger partial charge in [0.05, 0.1) is 11.4 Å². The van der Waals surface area contributed by atoms with E-state index in [9.17, 15) is 0 Å². The van der Waals surface area contributed by atoms with Crippen LogP contribution in [-0.2, 0) is 5.41 Å². The van der Waals surface area contributed by atoms with E-state index in [0.29, 0.717) is 5.82 Å². The van der Waals surface area contributed by atoms with Gasteiger partial charge in [-0.25, -0.2) is 9.97 Å². The molecule has 0 atom stereocenters. The SMILES string of the molecule is CC1(C)c2cc(-c3cccc(-c4ccc(-c5cc(-c6ccccc6)nc(-c6cc(-c7ccccc7)cc(-c7ccccc7)c6)n5)cc4)c3)ccc2-c2ccc3ccccc3c21. The first-order valence-electron chi connectivity index (χ1n) is 21.1. The first kappa shape index (κ1) is 36.4. The number of hydrogen-bond donors (Lipinski definition) is 0. The largest absolute Gasteiger partial charge is 0.228 e. The monoisotopic (exact) mass is 778 g/mol. The van der Waals surface area contributed by atoms with Crippen molar-refractivity contribution in [3.8, 4) is 89.5 Å². The Labute approximate surface area is 357 Å². The average Bonchev–Trinajstić information content (AvgIpc) is 3.57. The number of aromatic nitrogens is 2. The Morgan fingerprint density at radius 3 is 1.41 bits per heavy atom. The minimum atomic E-state index is -0.106. The van der Waals surface area contributed by atoms with E-state index >= 15 is 0 Å². The minimum Gasteiger partial charge on any atom is -0.228 e. The van der Waals surface area contributed by atoms with Crippen LogP contribution in [0.3, 0.4) is 0 Å². The summed E-state index contributed by atoms with van der Waals surface area (Å²) < 4.78 is 0. The van der Waals surface area contributed by atoms with E-state index in [0.717, 1.165) is 55.9 Å². The second kappa shape index (κ2) is 14.9. The van der Waals surface area contributed by atoms with Crippen molar-refractivity contribution in [2.75, 3.05) is 0 Å². The van der Waals surface area contributed by atoms with Crippen LogP contribution < -0.4 is 0 Å². The smallest absolute Gasteiger partial charge is 0.160 e. The molecule has 1 aromatic heterocycles. The lowest BCUT2D eigenvalue weighted by Crippen LogP contribution is -2.15. The van der Waals surface area contributed by atoms with E-state index < -0.39 is 0 Å². The second-order valence-corrected chi connectivity index (χ2v) is 16.6. The van der Waals surface area contributed by atoms with Gasteiger partial charge < -0.3 is 0 Å². The third kappa shape index (κ3) is 6.63. The Hall–Kier alpha value is -7.68. The maximum absolute atomic E-state index is 5.29. The molecule has 0 radical (unpaired) electrons. The van der Waals surface area contributed by atoms with E-state index in [1.165, 1.54) is 49.7 Å². The summed E-state index contributed by atoms with van der Waals surface area (Å²) in [5.74, 6) is 0.692. The molecule has 0 aliphatic heterocycles. The van der Waals surface area contributed by atoms with Gasteiger partial charge in [-0.1, -0.05) is 196 Å². The highest BCUT2D eigenvalue weighted by Crippen LogP contribution is 2.52. The number of nitrogens with zero attached hydrogens (tertiary/aromatic N) is 2. The molecule has 11 rings (SSSR count). The fourth-order valence-electron chi connectivity index (χ4n) is 9.32. The van der Waals surface area contributed by atoms with Crippen molar-refractivity contribution < 1.29 is 0 Å². The van der Waals surface area contributed by atoms with Crippen molar-refractivity contribution >= 4 is 10.8 Å². The lowest BCUT2D eigenvalue weighted by Gasteiger charge is -2.23. The van der Waals surface area contributed by atoms with Gasteiger partial charge in [-0.3, -0.25) is 0 Å². The molecule has 0 spiro atoms. The molecule has 0 unspecified atom stereocenters. The van der Waals surface area contributed by atoms with Crippen LogP contribution in [0.4, 0.5) is 0 Å². The normalized spacial score (nSPS) is 12.6. The van der Waals surface area contributed by atoms with E-state index in [4.69, 9.17) is 9.97 Å². The average molecular weight is 779 g/mol. The molecule has 2 nitrogen and oxygen atoms in total. The predicted octanol–water partition coefficient (Wildman–Crippen LogP) is 15.6. The lowest BCUT2D eigenvalue weighted by molar-refractivity contribution is 0.666. The van der Waals surface area contributed by atoms with Crippen LogP contribution in [0.25, 0.3) is 100 Å². The van der Waals surface area contributed by atoms with Crippen molar-refractivity contribution in [3.63, 3.8) is 0 Å². The molecule has 10 aromatic rings. The van der Waals surface area contributed by atoms with Gasteiger partial charge in [0.1, 0.15) is 0 Å². The molecule has 0 N–H and O–H groups in total. The molecule has 0 amide bonds. The molecule has 288 valence electrons. The number of fused-ring (bicyclic) bond motifs is 5. The highest BCUT2D eigenvalue weighted by Gasteiger charge is 2.37. The van der Waals surface area contributed by atoms with Crippen molar-refractivity contribution in [3.05, 3.63) is 230 Å². The molecular weight excluding hydrogens is 737 g/mol. The van der Waals surface area contributed by atoms with E-state index in [2.05, 4.69) is 226 Å². The molecular formula is C59H42N2. The van der Waals surface area contributed by atoms with Gasteiger partial charge in [0, 0.05) is 22.1 Å². The molecule has 61 heavy (non-hydrogen) atoms. The summed E-state index contributed by atoms with van der Waals surface area (Å²) in [6.07, 6.45) is 0. The Kier molecular flexibility index (Phi) is 8.86. The summed E-state index contributed by atoms with van der Waals surface area (Å²) >= 11 is 0. The number of rotatable bonds is 7. The van der Waals surface area contributed by atoms with Gasteiger partial charge in [0.25, 0.3) is 0 Å². The maximum atomic E-state index is 5.29. The highest BCUT2D eigenvalue weighted by atomic mass is 14.9. The zero-order valence-electron chi connectivity index (χ0n) is 34.2. The Balaban J connectivity index is 0.955. The Morgan fingerprint density at radius 2 is 0.754 bits per heavy atom. The van der Waals surface area contributed by atoms with Crippen LogP contribution in [0.15, 0.2) is 218 Å². The third-order valence-electron chi connectivity index (χ3n) is 12.4. The first-order chi connectivity index (χ1) is 30.0. The van der Waals surface area contributed by atoms with Crippen LogP contribution in [-0.4, -0.2) is 9.97 Å². The van der Waals surface area contributed by atoms with Crippen molar-refractivity contribution in [1.29, 1.82) is 0 Å². The summed E-state index contributed by atoms with van der Waals surface area (Å²) in [6, 6.07) is 78.4. The van der Waals surface area contributed by atoms with Crippen LogP contribution in [0.1, 0.15) is 25.0 Å². The van der Waals surface area contributed by atoms with Gasteiger partial charge in [0.15, 0.2) is 5.82 Å². The summed E-state index contributed by atoms with van der Waals surface area (Å²) in [5, 5.41) is 2.64. The maximum Gasteiger partial charge on any atom is 0.160 e. The molecule has 0 bridgehead atoms. The van der Waals surface area contributed by atoms with E-state index in [-0.39, 0.29) is 5.41 Å². The molecule has 0 saturated carbocycles. The zero-order chi connectivity index (χ0) is 40.9. The molecule has 2 heteroatoms. The molecule has 1 aliphatic carbocycles. The summed E-state index contributed by atoms with van der Waals surface area (Å²) in [7, 11) is 0. The predicted molar refractivity (Wildman–Crippen MR) is 255 cm³/mol. The number of hydrogen-bond acceptors (Lipinski definition) is 2. The van der Waals surface area contributed by atoms with Gasteiger partial charge >= 0.3 is 0 Å². The quantitative estimate of drug-likeness (QED) is 0.161. The Bertz CT molecular complexity index is 3180. The van der Waals surface area contributed by atoms with Crippen molar-refractivity contribution in [2.45, 2.75) is 19.3 Å². The lowest BCUT2D eigenvalue weighted by atomic mass is 9.79. The van der Waals surface area contributed by atoms with Crippen molar-refractivity contribution in [2.24, 2.45) is 0 Å². The number of benzene rings is 9. The summed E-state index contributed by atoms with van der Waals surface area (Å²) in [4.78, 5) is 10.5. The standard InChI is InChI=1S/C59H42N2/c1-59(2)54-37-47(30-31-52(54)53-32-29-42-19-12-13-24-51(42)57(53)59)46-23-14-22-45(33-46)41-25-27-44(28-26-41)56-38-55(43-20-10-5-11-21-43)60-58(61-56)50-35-48(39-15-6-3-7-16-39)34-49(36-50)40-17-8-4-9-18-40/h3-38H,1-2H3. The van der Waals surface area contributed by atoms with Gasteiger partial charge in [0.2, 0.25) is 0 Å². The third-order valence-corrected chi connectivity index (χ3v) is 12.4. The van der Waals surface area contributed by atoms with Crippen LogP contribution in [0.5, 0.6) is 0 Å². The summed E-state index contributed by atoms with van der Waals surface area (Å²) in [5.41, 5.74) is 19.6. The van der Waals surface area contributed by atoms with Gasteiger partial charge in [-0.05, 0) is 114 Å². The Morgan fingerprint density at radius 1 is 0.311 bits per heavy atom. The fraction of sp³-hybridized carbons (Fsp3) is 0.0508.